The molecule has 0 bridgehead atoms. The molecular weight excluding hydrogens is 295 g/mol. The van der Waals surface area contributed by atoms with E-state index in [-0.39, 0.29) is 11.4 Å². The van der Waals surface area contributed by atoms with Crippen LogP contribution in [0.1, 0.15) is 23.4 Å². The predicted molar refractivity (Wildman–Crippen MR) is 71.9 cm³/mol. The van der Waals surface area contributed by atoms with Crippen LogP contribution in [0.2, 0.25) is 0 Å². The topological polar surface area (TPSA) is 67.3 Å². The summed E-state index contributed by atoms with van der Waals surface area (Å²) < 4.78 is 39.4. The Morgan fingerprint density at radius 2 is 1.91 bits per heavy atom. The summed E-state index contributed by atoms with van der Waals surface area (Å²) >= 11 is 0. The summed E-state index contributed by atoms with van der Waals surface area (Å²) in [6.45, 7) is 0. The lowest BCUT2D eigenvalue weighted by Crippen LogP contribution is -2.10. The molecule has 0 unspecified atom stereocenters. The lowest BCUT2D eigenvalue weighted by atomic mass is 10.0. The molecule has 3 aromatic heterocycles. The Bertz CT molecular complexity index is 869. The van der Waals surface area contributed by atoms with Crippen LogP contribution in [-0.2, 0) is 19.0 Å². The number of nitrogens with one attached hydrogen (secondary N) is 1. The molecule has 0 amide bonds. The maximum atomic E-state index is 13.1. The largest absolute Gasteiger partial charge is 0.417 e. The summed E-state index contributed by atoms with van der Waals surface area (Å²) in [5.41, 5.74) is 1.20. The van der Waals surface area contributed by atoms with Crippen LogP contribution in [0.3, 0.4) is 0 Å². The van der Waals surface area contributed by atoms with Crippen LogP contribution in [0, 0.1) is 0 Å². The molecule has 22 heavy (non-hydrogen) atoms. The summed E-state index contributed by atoms with van der Waals surface area (Å²) in [4.78, 5) is 12.3. The summed E-state index contributed by atoms with van der Waals surface area (Å²) in [7, 11) is 0. The molecule has 4 rings (SSSR count). The second-order valence-corrected chi connectivity index (χ2v) is 5.16. The zero-order valence-corrected chi connectivity index (χ0v) is 11.3. The van der Waals surface area contributed by atoms with E-state index >= 15 is 0 Å². The average Bonchev–Trinajstić information content (AvgIpc) is 2.91. The van der Waals surface area contributed by atoms with Crippen molar-refractivity contribution in [3.05, 3.63) is 35.4 Å². The first kappa shape index (κ1) is 13.2. The van der Waals surface area contributed by atoms with Crippen LogP contribution in [0.25, 0.3) is 22.4 Å². The average molecular weight is 305 g/mol. The van der Waals surface area contributed by atoms with Gasteiger partial charge in [0.2, 0.25) is 0 Å². The van der Waals surface area contributed by atoms with E-state index in [1.54, 1.807) is 0 Å². The molecule has 8 heteroatoms. The Balaban J connectivity index is 1.97. The molecule has 0 saturated carbocycles. The number of hydrogen-bond donors (Lipinski definition) is 1. The molecule has 1 aliphatic rings. The van der Waals surface area contributed by atoms with Gasteiger partial charge in [-0.05, 0) is 25.3 Å². The number of aromatic nitrogens is 5. The SMILES string of the molecule is FC(F)(F)c1ccncc1-c1nc2c3c(n[nH]c3n1)CCC2. The number of aromatic amines is 1. The molecule has 1 aliphatic carbocycles. The molecular formula is C14H10F3N5. The number of alkyl halides is 3. The summed E-state index contributed by atoms with van der Waals surface area (Å²) in [6, 6.07) is 0.937. The molecule has 0 radical (unpaired) electrons. The van der Waals surface area contributed by atoms with Gasteiger partial charge in [-0.15, -0.1) is 0 Å². The maximum absolute atomic E-state index is 13.1. The molecule has 0 aliphatic heterocycles. The molecule has 0 saturated heterocycles. The minimum Gasteiger partial charge on any atom is -0.264 e. The van der Waals surface area contributed by atoms with Gasteiger partial charge < -0.3 is 0 Å². The molecule has 0 aromatic carbocycles. The quantitative estimate of drug-likeness (QED) is 0.750. The van der Waals surface area contributed by atoms with Crippen molar-refractivity contribution in [2.75, 3.05) is 0 Å². The highest BCUT2D eigenvalue weighted by molar-refractivity contribution is 5.83. The van der Waals surface area contributed by atoms with E-state index in [1.807, 2.05) is 0 Å². The molecule has 1 N–H and O–H groups in total. The minimum atomic E-state index is -4.48. The van der Waals surface area contributed by atoms with Crippen molar-refractivity contribution in [2.24, 2.45) is 0 Å². The van der Waals surface area contributed by atoms with Crippen LogP contribution in [0.15, 0.2) is 18.5 Å². The van der Waals surface area contributed by atoms with Crippen LogP contribution < -0.4 is 0 Å². The highest BCUT2D eigenvalue weighted by Gasteiger charge is 2.34. The van der Waals surface area contributed by atoms with E-state index in [4.69, 9.17) is 0 Å². The molecule has 0 fully saturated rings. The molecule has 3 aromatic rings. The van der Waals surface area contributed by atoms with Gasteiger partial charge in [-0.2, -0.15) is 18.3 Å². The van der Waals surface area contributed by atoms with E-state index in [9.17, 15) is 13.2 Å². The Labute approximate surface area is 122 Å². The molecule has 0 spiro atoms. The molecule has 112 valence electrons. The molecule has 0 atom stereocenters. The third kappa shape index (κ3) is 1.94. The molecule has 5 nitrogen and oxygen atoms in total. The number of hydrogen-bond acceptors (Lipinski definition) is 4. The van der Waals surface area contributed by atoms with Gasteiger partial charge >= 0.3 is 6.18 Å². The summed E-state index contributed by atoms with van der Waals surface area (Å²) in [5.74, 6) is 0.0278. The standard InChI is InChI=1S/C14H10F3N5/c15-14(16,17)8-4-5-18-6-7(8)12-19-9-2-1-3-10-11(9)13(20-12)22-21-10/h4-6H,1-3H2,(H,19,20,21,22). The Hall–Kier alpha value is -2.51. The van der Waals surface area contributed by atoms with Crippen molar-refractivity contribution in [1.29, 1.82) is 0 Å². The Morgan fingerprint density at radius 1 is 1.09 bits per heavy atom. The van der Waals surface area contributed by atoms with Gasteiger partial charge in [0.25, 0.3) is 0 Å². The van der Waals surface area contributed by atoms with Gasteiger partial charge in [0.1, 0.15) is 0 Å². The lowest BCUT2D eigenvalue weighted by Gasteiger charge is -2.14. The minimum absolute atomic E-state index is 0.0278. The van der Waals surface area contributed by atoms with Crippen molar-refractivity contribution in [1.82, 2.24) is 25.1 Å². The number of halogens is 3. The number of H-pyrrole nitrogens is 1. The first-order valence-electron chi connectivity index (χ1n) is 6.79. The van der Waals surface area contributed by atoms with Gasteiger partial charge in [0.15, 0.2) is 11.5 Å². The third-order valence-corrected chi connectivity index (χ3v) is 3.76. The molecule has 3 heterocycles. The first-order valence-corrected chi connectivity index (χ1v) is 6.79. The number of pyridine rings is 1. The fourth-order valence-electron chi connectivity index (χ4n) is 2.79. The number of rotatable bonds is 1. The second-order valence-electron chi connectivity index (χ2n) is 5.16. The Kier molecular flexibility index (Phi) is 2.69. The van der Waals surface area contributed by atoms with E-state index < -0.39 is 11.7 Å². The predicted octanol–water partition coefficient (Wildman–Crippen LogP) is 2.92. The summed E-state index contributed by atoms with van der Waals surface area (Å²) in [5, 5.41) is 7.79. The summed E-state index contributed by atoms with van der Waals surface area (Å²) in [6.07, 6.45) is 0.201. The van der Waals surface area contributed by atoms with Gasteiger partial charge in [0, 0.05) is 18.0 Å². The van der Waals surface area contributed by atoms with Crippen molar-refractivity contribution in [3.63, 3.8) is 0 Å². The van der Waals surface area contributed by atoms with Crippen molar-refractivity contribution in [2.45, 2.75) is 25.4 Å². The fourth-order valence-corrected chi connectivity index (χ4v) is 2.79. The van der Waals surface area contributed by atoms with Crippen LogP contribution >= 0.6 is 0 Å². The maximum Gasteiger partial charge on any atom is 0.417 e. The zero-order chi connectivity index (χ0) is 15.3. The fraction of sp³-hybridized carbons (Fsp3) is 0.286. The van der Waals surface area contributed by atoms with Crippen molar-refractivity contribution < 1.29 is 13.2 Å². The monoisotopic (exact) mass is 305 g/mol. The van der Waals surface area contributed by atoms with E-state index in [0.29, 0.717) is 12.1 Å². The first-order chi connectivity index (χ1) is 10.5. The van der Waals surface area contributed by atoms with Crippen LogP contribution in [0.4, 0.5) is 13.2 Å². The van der Waals surface area contributed by atoms with Crippen molar-refractivity contribution >= 4 is 11.0 Å². The van der Waals surface area contributed by atoms with Gasteiger partial charge in [-0.3, -0.25) is 10.1 Å². The highest BCUT2D eigenvalue weighted by Crippen LogP contribution is 2.36. The number of aryl methyl sites for hydroxylation is 2. The second kappa shape index (κ2) is 4.49. The van der Waals surface area contributed by atoms with Gasteiger partial charge in [0.05, 0.1) is 22.3 Å². The van der Waals surface area contributed by atoms with E-state index in [0.717, 1.165) is 48.1 Å². The Morgan fingerprint density at radius 3 is 2.73 bits per heavy atom. The van der Waals surface area contributed by atoms with Crippen molar-refractivity contribution in [3.8, 4) is 11.4 Å². The lowest BCUT2D eigenvalue weighted by molar-refractivity contribution is -0.137. The van der Waals surface area contributed by atoms with Gasteiger partial charge in [-0.25, -0.2) is 9.97 Å². The highest BCUT2D eigenvalue weighted by atomic mass is 19.4. The van der Waals surface area contributed by atoms with Crippen LogP contribution in [0.5, 0.6) is 0 Å². The normalized spacial score (nSPS) is 14.5. The van der Waals surface area contributed by atoms with E-state index in [1.165, 1.54) is 0 Å². The van der Waals surface area contributed by atoms with E-state index in [2.05, 4.69) is 25.1 Å². The smallest absolute Gasteiger partial charge is 0.264 e. The van der Waals surface area contributed by atoms with Gasteiger partial charge in [-0.1, -0.05) is 0 Å². The van der Waals surface area contributed by atoms with Crippen LogP contribution in [-0.4, -0.2) is 25.1 Å². The number of nitrogens with zero attached hydrogens (tertiary/aromatic N) is 4. The third-order valence-electron chi connectivity index (χ3n) is 3.76. The zero-order valence-electron chi connectivity index (χ0n) is 11.3.